The van der Waals surface area contributed by atoms with Crippen molar-refractivity contribution in [3.05, 3.63) is 53.3 Å². The first-order chi connectivity index (χ1) is 9.04. The summed E-state index contributed by atoms with van der Waals surface area (Å²) >= 11 is 10.9. The fraction of sp³-hybridized carbons (Fsp3) is 0. The Morgan fingerprint density at radius 2 is 1.63 bits per heavy atom. The second-order valence-electron chi connectivity index (χ2n) is 3.75. The first-order valence-electron chi connectivity index (χ1n) is 5.37. The van der Waals surface area contributed by atoms with Crippen LogP contribution in [0.5, 0.6) is 5.75 Å². The SMILES string of the molecule is Oc1ccc(NC(=S)Nc2ccc(Cl)cc2)cc1F. The monoisotopic (exact) mass is 296 g/mol. The predicted octanol–water partition coefficient (Wildman–Crippen LogP) is 3.99. The standard InChI is InChI=1S/C13H10ClFN2OS/c14-8-1-3-9(4-2-8)16-13(19)17-10-5-6-12(18)11(15)7-10/h1-7,18H,(H2,16,17,19). The van der Waals surface area contributed by atoms with E-state index in [1.807, 2.05) is 0 Å². The van der Waals surface area contributed by atoms with Crippen molar-refractivity contribution in [3.63, 3.8) is 0 Å². The van der Waals surface area contributed by atoms with E-state index in [1.165, 1.54) is 12.1 Å². The van der Waals surface area contributed by atoms with Crippen LogP contribution in [0.2, 0.25) is 5.02 Å². The van der Waals surface area contributed by atoms with E-state index in [-0.39, 0.29) is 0 Å². The molecule has 6 heteroatoms. The number of anilines is 2. The quantitative estimate of drug-likeness (QED) is 0.579. The molecule has 0 fully saturated rings. The second kappa shape index (κ2) is 5.86. The Balaban J connectivity index is 2.01. The van der Waals surface area contributed by atoms with Crippen LogP contribution in [0.4, 0.5) is 15.8 Å². The van der Waals surface area contributed by atoms with Crippen LogP contribution in [0.25, 0.3) is 0 Å². The average Bonchev–Trinajstić information content (AvgIpc) is 2.37. The number of hydrogen-bond donors (Lipinski definition) is 3. The molecule has 98 valence electrons. The van der Waals surface area contributed by atoms with Crippen molar-refractivity contribution in [2.45, 2.75) is 0 Å². The van der Waals surface area contributed by atoms with Crippen molar-refractivity contribution in [3.8, 4) is 5.75 Å². The van der Waals surface area contributed by atoms with E-state index in [4.69, 9.17) is 28.9 Å². The smallest absolute Gasteiger partial charge is 0.175 e. The first-order valence-corrected chi connectivity index (χ1v) is 6.15. The Morgan fingerprint density at radius 1 is 1.05 bits per heavy atom. The third kappa shape index (κ3) is 3.81. The summed E-state index contributed by atoms with van der Waals surface area (Å²) < 4.78 is 13.1. The van der Waals surface area contributed by atoms with Gasteiger partial charge in [0.15, 0.2) is 16.7 Å². The number of aromatic hydroxyl groups is 1. The maximum absolute atomic E-state index is 13.1. The van der Waals surface area contributed by atoms with E-state index in [0.717, 1.165) is 11.8 Å². The maximum atomic E-state index is 13.1. The molecule has 0 amide bonds. The van der Waals surface area contributed by atoms with Crippen LogP contribution >= 0.6 is 23.8 Å². The van der Waals surface area contributed by atoms with Crippen LogP contribution in [0, 0.1) is 5.82 Å². The summed E-state index contributed by atoms with van der Waals surface area (Å²) in [6, 6.07) is 10.9. The fourth-order valence-corrected chi connectivity index (χ4v) is 1.77. The van der Waals surface area contributed by atoms with Gasteiger partial charge in [0, 0.05) is 22.5 Å². The van der Waals surface area contributed by atoms with Crippen LogP contribution in [-0.2, 0) is 0 Å². The third-order valence-corrected chi connectivity index (χ3v) is 2.76. The molecule has 19 heavy (non-hydrogen) atoms. The summed E-state index contributed by atoms with van der Waals surface area (Å²) in [5.74, 6) is -1.11. The average molecular weight is 297 g/mol. The molecule has 2 rings (SSSR count). The van der Waals surface area contributed by atoms with Crippen molar-refractivity contribution in [2.75, 3.05) is 10.6 Å². The summed E-state index contributed by atoms with van der Waals surface area (Å²) in [6.45, 7) is 0. The zero-order valence-corrected chi connectivity index (χ0v) is 11.2. The number of thiocarbonyl (C=S) groups is 1. The highest BCUT2D eigenvalue weighted by atomic mass is 35.5. The van der Waals surface area contributed by atoms with Crippen molar-refractivity contribution in [1.29, 1.82) is 0 Å². The number of halogens is 2. The summed E-state index contributed by atoms with van der Waals surface area (Å²) in [5, 5.41) is 15.8. The zero-order chi connectivity index (χ0) is 13.8. The minimum atomic E-state index is -0.709. The van der Waals surface area contributed by atoms with Crippen molar-refractivity contribution >= 4 is 40.3 Å². The third-order valence-electron chi connectivity index (χ3n) is 2.31. The minimum absolute atomic E-state index is 0.312. The van der Waals surface area contributed by atoms with Gasteiger partial charge in [-0.15, -0.1) is 0 Å². The van der Waals surface area contributed by atoms with Crippen molar-refractivity contribution < 1.29 is 9.50 Å². The molecule has 0 saturated heterocycles. The van der Waals surface area contributed by atoms with E-state index in [2.05, 4.69) is 10.6 Å². The molecule has 0 aliphatic rings. The molecular weight excluding hydrogens is 287 g/mol. The van der Waals surface area contributed by atoms with E-state index < -0.39 is 11.6 Å². The number of phenolic OH excluding ortho intramolecular Hbond substituents is 1. The van der Waals surface area contributed by atoms with Gasteiger partial charge in [0.2, 0.25) is 0 Å². The van der Waals surface area contributed by atoms with Gasteiger partial charge in [-0.05, 0) is 48.6 Å². The lowest BCUT2D eigenvalue weighted by Crippen LogP contribution is -2.19. The molecule has 0 aromatic heterocycles. The van der Waals surface area contributed by atoms with E-state index in [9.17, 15) is 4.39 Å². The van der Waals surface area contributed by atoms with Gasteiger partial charge >= 0.3 is 0 Å². The molecule has 0 atom stereocenters. The number of phenols is 1. The van der Waals surface area contributed by atoms with Crippen molar-refractivity contribution in [1.82, 2.24) is 0 Å². The number of hydrogen-bond acceptors (Lipinski definition) is 2. The molecule has 3 nitrogen and oxygen atoms in total. The van der Waals surface area contributed by atoms with Gasteiger partial charge in [0.1, 0.15) is 0 Å². The molecule has 0 spiro atoms. The lowest BCUT2D eigenvalue weighted by Gasteiger charge is -2.10. The summed E-state index contributed by atoms with van der Waals surface area (Å²) in [6.07, 6.45) is 0. The second-order valence-corrected chi connectivity index (χ2v) is 4.60. The van der Waals surface area contributed by atoms with E-state index >= 15 is 0 Å². The Hall–Kier alpha value is -1.85. The van der Waals surface area contributed by atoms with Gasteiger partial charge in [-0.3, -0.25) is 0 Å². The van der Waals surface area contributed by atoms with Gasteiger partial charge in [-0.25, -0.2) is 4.39 Å². The van der Waals surface area contributed by atoms with E-state index in [0.29, 0.717) is 15.8 Å². The molecule has 3 N–H and O–H groups in total. The van der Waals surface area contributed by atoms with Crippen LogP contribution in [0.1, 0.15) is 0 Å². The highest BCUT2D eigenvalue weighted by Crippen LogP contribution is 2.20. The Labute approximate surface area is 120 Å². The molecule has 0 radical (unpaired) electrons. The summed E-state index contributed by atoms with van der Waals surface area (Å²) in [7, 11) is 0. The number of rotatable bonds is 2. The van der Waals surface area contributed by atoms with Crippen LogP contribution in [-0.4, -0.2) is 10.2 Å². The van der Waals surface area contributed by atoms with E-state index in [1.54, 1.807) is 24.3 Å². The Bertz CT molecular complexity index is 604. The molecule has 0 saturated carbocycles. The molecule has 0 heterocycles. The fourth-order valence-electron chi connectivity index (χ4n) is 1.41. The van der Waals surface area contributed by atoms with Crippen LogP contribution < -0.4 is 10.6 Å². The van der Waals surface area contributed by atoms with Crippen molar-refractivity contribution in [2.24, 2.45) is 0 Å². The highest BCUT2D eigenvalue weighted by Gasteiger charge is 2.03. The summed E-state index contributed by atoms with van der Waals surface area (Å²) in [5.41, 5.74) is 1.21. The normalized spacial score (nSPS) is 10.0. The lowest BCUT2D eigenvalue weighted by atomic mass is 10.3. The predicted molar refractivity (Wildman–Crippen MR) is 79.4 cm³/mol. The highest BCUT2D eigenvalue weighted by molar-refractivity contribution is 7.80. The van der Waals surface area contributed by atoms with Crippen LogP contribution in [0.3, 0.4) is 0 Å². The van der Waals surface area contributed by atoms with Crippen LogP contribution in [0.15, 0.2) is 42.5 Å². The molecule has 0 unspecified atom stereocenters. The summed E-state index contributed by atoms with van der Waals surface area (Å²) in [4.78, 5) is 0. The molecule has 2 aromatic rings. The number of nitrogens with one attached hydrogen (secondary N) is 2. The Kier molecular flexibility index (Phi) is 4.19. The molecule has 0 bridgehead atoms. The van der Waals surface area contributed by atoms with Gasteiger partial charge in [-0.2, -0.15) is 0 Å². The molecule has 2 aromatic carbocycles. The van der Waals surface area contributed by atoms with Gasteiger partial charge < -0.3 is 15.7 Å². The first kappa shape index (κ1) is 13.6. The van der Waals surface area contributed by atoms with Gasteiger partial charge in [-0.1, -0.05) is 11.6 Å². The number of benzene rings is 2. The lowest BCUT2D eigenvalue weighted by molar-refractivity contribution is 0.432. The zero-order valence-electron chi connectivity index (χ0n) is 9.65. The largest absolute Gasteiger partial charge is 0.505 e. The molecule has 0 aliphatic carbocycles. The topological polar surface area (TPSA) is 44.3 Å². The maximum Gasteiger partial charge on any atom is 0.175 e. The van der Waals surface area contributed by atoms with Gasteiger partial charge in [0.05, 0.1) is 0 Å². The molecule has 0 aliphatic heterocycles. The minimum Gasteiger partial charge on any atom is -0.505 e. The molecular formula is C13H10ClFN2OS. The Morgan fingerprint density at radius 3 is 2.26 bits per heavy atom. The van der Waals surface area contributed by atoms with Gasteiger partial charge in [0.25, 0.3) is 0 Å².